The molecule has 0 saturated carbocycles. The molecule has 3 heterocycles. The third-order valence-corrected chi connectivity index (χ3v) is 6.62. The molecule has 1 aliphatic rings. The van der Waals surface area contributed by atoms with Crippen molar-refractivity contribution in [3.8, 4) is 16.9 Å². The summed E-state index contributed by atoms with van der Waals surface area (Å²) < 4.78 is 2.83. The van der Waals surface area contributed by atoms with Gasteiger partial charge in [-0.3, -0.25) is 4.79 Å². The first kappa shape index (κ1) is 19.5. The van der Waals surface area contributed by atoms with Crippen LogP contribution in [-0.4, -0.2) is 33.7 Å². The number of carboxylic acids is 1. The van der Waals surface area contributed by atoms with Crippen molar-refractivity contribution < 1.29 is 9.90 Å². The number of rotatable bonds is 4. The summed E-state index contributed by atoms with van der Waals surface area (Å²) in [6.45, 7) is 4.08. The number of aromatic carboxylic acids is 1. The summed E-state index contributed by atoms with van der Waals surface area (Å²) in [5.41, 5.74) is 3.52. The fourth-order valence-corrected chi connectivity index (χ4v) is 4.94. The van der Waals surface area contributed by atoms with E-state index in [4.69, 9.17) is 0 Å². The van der Waals surface area contributed by atoms with Crippen LogP contribution in [0.1, 0.15) is 28.2 Å². The summed E-state index contributed by atoms with van der Waals surface area (Å²) >= 11 is 1.61. The number of hydrogen-bond donors (Lipinski definition) is 1. The van der Waals surface area contributed by atoms with Crippen LogP contribution >= 0.6 is 11.3 Å². The number of fused-ring (bicyclic) bond motifs is 1. The monoisotopic (exact) mass is 431 g/mol. The summed E-state index contributed by atoms with van der Waals surface area (Å²) in [5, 5.41) is 10.5. The number of hydrogen-bond acceptors (Lipinski definition) is 5. The van der Waals surface area contributed by atoms with Gasteiger partial charge in [0.1, 0.15) is 5.56 Å². The molecule has 0 unspecified atom stereocenters. The molecule has 1 aliphatic heterocycles. The lowest BCUT2D eigenvalue weighted by atomic mass is 10.1. The topological polar surface area (TPSA) is 75.4 Å². The SMILES string of the molecule is Cc1nc2cc(-n3cc(C(=O)O)c(=O)cc3-c3ccc(N4CCCC4)cc3)ccc2s1. The predicted molar refractivity (Wildman–Crippen MR) is 124 cm³/mol. The van der Waals surface area contributed by atoms with E-state index in [9.17, 15) is 14.7 Å². The highest BCUT2D eigenvalue weighted by Crippen LogP contribution is 2.29. The van der Waals surface area contributed by atoms with E-state index in [0.29, 0.717) is 5.69 Å². The Bertz CT molecular complexity index is 1350. The Kier molecular flexibility index (Phi) is 4.82. The van der Waals surface area contributed by atoms with E-state index in [-0.39, 0.29) is 5.56 Å². The molecular formula is C24H21N3O3S. The van der Waals surface area contributed by atoms with Gasteiger partial charge in [-0.1, -0.05) is 12.1 Å². The molecule has 0 bridgehead atoms. The number of anilines is 1. The maximum absolute atomic E-state index is 12.5. The predicted octanol–water partition coefficient (Wildman–Crippen LogP) is 4.72. The zero-order valence-electron chi connectivity index (χ0n) is 17.0. The van der Waals surface area contributed by atoms with Gasteiger partial charge in [-0.15, -0.1) is 11.3 Å². The highest BCUT2D eigenvalue weighted by atomic mass is 32.1. The molecule has 6 nitrogen and oxygen atoms in total. The van der Waals surface area contributed by atoms with Gasteiger partial charge in [-0.2, -0.15) is 0 Å². The van der Waals surface area contributed by atoms with Gasteiger partial charge < -0.3 is 14.6 Å². The highest BCUT2D eigenvalue weighted by molar-refractivity contribution is 7.18. The minimum Gasteiger partial charge on any atom is -0.477 e. The molecule has 156 valence electrons. The van der Waals surface area contributed by atoms with E-state index >= 15 is 0 Å². The van der Waals surface area contributed by atoms with Crippen molar-refractivity contribution in [1.29, 1.82) is 0 Å². The fourth-order valence-electron chi connectivity index (χ4n) is 4.13. The van der Waals surface area contributed by atoms with E-state index < -0.39 is 11.4 Å². The van der Waals surface area contributed by atoms with Crippen LogP contribution in [0, 0.1) is 6.92 Å². The van der Waals surface area contributed by atoms with Crippen molar-refractivity contribution in [2.75, 3.05) is 18.0 Å². The van der Waals surface area contributed by atoms with Gasteiger partial charge in [0, 0.05) is 36.7 Å². The molecule has 0 aliphatic carbocycles. The highest BCUT2D eigenvalue weighted by Gasteiger charge is 2.17. The van der Waals surface area contributed by atoms with Crippen molar-refractivity contribution >= 4 is 33.2 Å². The number of carbonyl (C=O) groups is 1. The van der Waals surface area contributed by atoms with Crippen LogP contribution in [0.15, 0.2) is 59.5 Å². The van der Waals surface area contributed by atoms with Crippen LogP contribution < -0.4 is 10.3 Å². The molecule has 31 heavy (non-hydrogen) atoms. The molecule has 2 aromatic carbocycles. The zero-order valence-corrected chi connectivity index (χ0v) is 17.9. The zero-order chi connectivity index (χ0) is 21.5. The van der Waals surface area contributed by atoms with Crippen molar-refractivity contribution in [2.24, 2.45) is 0 Å². The average molecular weight is 432 g/mol. The molecule has 4 aromatic rings. The Balaban J connectivity index is 1.66. The van der Waals surface area contributed by atoms with E-state index in [1.54, 1.807) is 15.9 Å². The summed E-state index contributed by atoms with van der Waals surface area (Å²) in [6.07, 6.45) is 3.82. The van der Waals surface area contributed by atoms with Gasteiger partial charge in [0.05, 0.1) is 20.9 Å². The van der Waals surface area contributed by atoms with Crippen LogP contribution in [0.25, 0.3) is 27.2 Å². The molecule has 0 spiro atoms. The number of aromatic nitrogens is 2. The summed E-state index contributed by atoms with van der Waals surface area (Å²) in [5.74, 6) is -1.24. The van der Waals surface area contributed by atoms with Gasteiger partial charge in [-0.05, 0) is 55.7 Å². The van der Waals surface area contributed by atoms with E-state index in [1.807, 2.05) is 37.3 Å². The standard InChI is InChI=1S/C24H21N3O3S/c1-15-25-20-12-18(8-9-23(20)31-15)27-14-19(24(29)30)22(28)13-21(27)16-4-6-17(7-5-16)26-10-2-3-11-26/h4-9,12-14H,2-3,10-11H2,1H3,(H,29,30). The number of carboxylic acid groups (broad SMARTS) is 1. The summed E-state index contributed by atoms with van der Waals surface area (Å²) in [4.78, 5) is 31.1. The molecule has 1 N–H and O–H groups in total. The smallest absolute Gasteiger partial charge is 0.341 e. The first-order valence-electron chi connectivity index (χ1n) is 10.2. The van der Waals surface area contributed by atoms with Crippen LogP contribution in [0.3, 0.4) is 0 Å². The third kappa shape index (κ3) is 3.61. The molecule has 0 amide bonds. The third-order valence-electron chi connectivity index (χ3n) is 5.67. The maximum atomic E-state index is 12.5. The lowest BCUT2D eigenvalue weighted by Gasteiger charge is -2.19. The Morgan fingerprint density at radius 1 is 1.03 bits per heavy atom. The van der Waals surface area contributed by atoms with Gasteiger partial charge in [0.15, 0.2) is 5.43 Å². The minimum absolute atomic E-state index is 0.257. The number of aryl methyl sites for hydroxylation is 1. The summed E-state index contributed by atoms with van der Waals surface area (Å²) in [6, 6.07) is 15.4. The van der Waals surface area contributed by atoms with Gasteiger partial charge in [0.2, 0.25) is 0 Å². The molecule has 0 radical (unpaired) electrons. The molecular weight excluding hydrogens is 410 g/mol. The van der Waals surface area contributed by atoms with E-state index in [0.717, 1.165) is 45.3 Å². The van der Waals surface area contributed by atoms with Crippen molar-refractivity contribution in [2.45, 2.75) is 19.8 Å². The number of nitrogens with zero attached hydrogens (tertiary/aromatic N) is 3. The molecule has 7 heteroatoms. The first-order chi connectivity index (χ1) is 15.0. The Labute approximate surface area is 183 Å². The Morgan fingerprint density at radius 2 is 1.74 bits per heavy atom. The lowest BCUT2D eigenvalue weighted by molar-refractivity contribution is 0.0695. The van der Waals surface area contributed by atoms with Gasteiger partial charge >= 0.3 is 5.97 Å². The quantitative estimate of drug-likeness (QED) is 0.506. The largest absolute Gasteiger partial charge is 0.477 e. The second-order valence-electron chi connectivity index (χ2n) is 7.74. The number of thiazole rings is 1. The molecule has 5 rings (SSSR count). The first-order valence-corrected chi connectivity index (χ1v) is 11.0. The lowest BCUT2D eigenvalue weighted by Crippen LogP contribution is -2.18. The minimum atomic E-state index is -1.24. The molecule has 0 atom stereocenters. The Morgan fingerprint density at radius 3 is 2.45 bits per heavy atom. The maximum Gasteiger partial charge on any atom is 0.341 e. The van der Waals surface area contributed by atoms with Crippen molar-refractivity contribution in [3.63, 3.8) is 0 Å². The summed E-state index contributed by atoms with van der Waals surface area (Å²) in [7, 11) is 0. The van der Waals surface area contributed by atoms with Crippen molar-refractivity contribution in [1.82, 2.24) is 9.55 Å². The van der Waals surface area contributed by atoms with E-state index in [2.05, 4.69) is 22.0 Å². The van der Waals surface area contributed by atoms with Crippen molar-refractivity contribution in [3.05, 3.63) is 75.5 Å². The molecule has 2 aromatic heterocycles. The fraction of sp³-hybridized carbons (Fsp3) is 0.208. The van der Waals surface area contributed by atoms with Gasteiger partial charge in [0.25, 0.3) is 0 Å². The van der Waals surface area contributed by atoms with Gasteiger partial charge in [-0.25, -0.2) is 9.78 Å². The average Bonchev–Trinajstić information content (AvgIpc) is 3.42. The van der Waals surface area contributed by atoms with Crippen LogP contribution in [-0.2, 0) is 0 Å². The normalized spacial score (nSPS) is 13.8. The van der Waals surface area contributed by atoms with Crippen LogP contribution in [0.4, 0.5) is 5.69 Å². The Hall–Kier alpha value is -3.45. The number of benzene rings is 2. The van der Waals surface area contributed by atoms with Crippen LogP contribution in [0.5, 0.6) is 0 Å². The second-order valence-corrected chi connectivity index (χ2v) is 8.97. The number of pyridine rings is 1. The molecule has 1 saturated heterocycles. The second kappa shape index (κ2) is 7.67. The van der Waals surface area contributed by atoms with E-state index in [1.165, 1.54) is 25.1 Å². The van der Waals surface area contributed by atoms with Crippen LogP contribution in [0.2, 0.25) is 0 Å². The molecule has 1 fully saturated rings.